The van der Waals surface area contributed by atoms with E-state index in [9.17, 15) is 0 Å². The summed E-state index contributed by atoms with van der Waals surface area (Å²) in [5, 5.41) is 0. The third kappa shape index (κ3) is 1.96. The van der Waals surface area contributed by atoms with Gasteiger partial charge in [0.1, 0.15) is 11.5 Å². The summed E-state index contributed by atoms with van der Waals surface area (Å²) < 4.78 is 5.61. The summed E-state index contributed by atoms with van der Waals surface area (Å²) in [5.74, 6) is 2.63. The van der Waals surface area contributed by atoms with Gasteiger partial charge in [0.25, 0.3) is 0 Å². The van der Waals surface area contributed by atoms with Crippen molar-refractivity contribution >= 4 is 12.4 Å². The van der Waals surface area contributed by atoms with Crippen LogP contribution in [-0.4, -0.2) is 0 Å². The van der Waals surface area contributed by atoms with E-state index in [4.69, 9.17) is 10.2 Å². The molecule has 14 heavy (non-hydrogen) atoms. The Morgan fingerprint density at radius 1 is 1.43 bits per heavy atom. The fourth-order valence-electron chi connectivity index (χ4n) is 1.80. The number of aryl methyl sites for hydroxylation is 2. The molecule has 2 N–H and O–H groups in total. The van der Waals surface area contributed by atoms with Gasteiger partial charge in [0.05, 0.1) is 6.04 Å². The van der Waals surface area contributed by atoms with Crippen molar-refractivity contribution in [3.63, 3.8) is 0 Å². The second-order valence-corrected chi connectivity index (χ2v) is 4.10. The van der Waals surface area contributed by atoms with E-state index in [1.165, 1.54) is 24.8 Å². The molecule has 0 amide bonds. The van der Waals surface area contributed by atoms with Crippen molar-refractivity contribution in [3.05, 3.63) is 23.2 Å². The van der Waals surface area contributed by atoms with Gasteiger partial charge in [0, 0.05) is 0 Å². The van der Waals surface area contributed by atoms with Gasteiger partial charge in [-0.05, 0) is 44.2 Å². The molecule has 1 fully saturated rings. The third-order valence-corrected chi connectivity index (χ3v) is 3.17. The predicted molar refractivity (Wildman–Crippen MR) is 59.7 cm³/mol. The van der Waals surface area contributed by atoms with Crippen molar-refractivity contribution < 1.29 is 4.42 Å². The molecule has 0 unspecified atom stereocenters. The smallest absolute Gasteiger partial charge is 0.121 e. The fraction of sp³-hybridized carbons (Fsp3) is 0.636. The largest absolute Gasteiger partial charge is 0.464 e. The number of rotatable bonds is 2. The molecular weight excluding hydrogens is 198 g/mol. The summed E-state index contributed by atoms with van der Waals surface area (Å²) in [5.41, 5.74) is 7.30. The third-order valence-electron chi connectivity index (χ3n) is 3.17. The van der Waals surface area contributed by atoms with Gasteiger partial charge in [-0.3, -0.25) is 0 Å². The zero-order chi connectivity index (χ0) is 9.42. The number of hydrogen-bond donors (Lipinski definition) is 1. The molecule has 0 aromatic carbocycles. The summed E-state index contributed by atoms with van der Waals surface area (Å²) >= 11 is 0. The molecule has 1 aromatic rings. The van der Waals surface area contributed by atoms with Crippen LogP contribution in [-0.2, 0) is 0 Å². The Morgan fingerprint density at radius 2 is 2.07 bits per heavy atom. The first-order chi connectivity index (χ1) is 6.18. The van der Waals surface area contributed by atoms with Crippen molar-refractivity contribution in [1.29, 1.82) is 0 Å². The standard InChI is InChI=1S/C11H17NO.ClH/c1-7-6-10(13-8(7)2)11(12)9-4-3-5-9;/h6,9,11H,3-5,12H2,1-2H3;1H/t11-;/m0./s1. The highest BCUT2D eigenvalue weighted by Crippen LogP contribution is 2.37. The molecule has 80 valence electrons. The van der Waals surface area contributed by atoms with Gasteiger partial charge >= 0.3 is 0 Å². The van der Waals surface area contributed by atoms with Crippen LogP contribution in [0.1, 0.15) is 42.4 Å². The molecule has 0 spiro atoms. The lowest BCUT2D eigenvalue weighted by Gasteiger charge is -2.29. The van der Waals surface area contributed by atoms with Gasteiger partial charge in [-0.1, -0.05) is 6.42 Å². The molecule has 0 saturated heterocycles. The highest BCUT2D eigenvalue weighted by Gasteiger charge is 2.27. The molecule has 1 saturated carbocycles. The molecule has 0 bridgehead atoms. The molecule has 0 aliphatic heterocycles. The predicted octanol–water partition coefficient (Wildman–Crippen LogP) is 3.12. The molecule has 1 aromatic heterocycles. The van der Waals surface area contributed by atoms with E-state index < -0.39 is 0 Å². The average molecular weight is 216 g/mol. The molecule has 1 aliphatic rings. The van der Waals surface area contributed by atoms with Crippen molar-refractivity contribution in [1.82, 2.24) is 0 Å². The Morgan fingerprint density at radius 3 is 2.43 bits per heavy atom. The Hall–Kier alpha value is -0.470. The first kappa shape index (κ1) is 11.6. The van der Waals surface area contributed by atoms with E-state index in [1.807, 2.05) is 6.92 Å². The fourth-order valence-corrected chi connectivity index (χ4v) is 1.80. The van der Waals surface area contributed by atoms with Crippen LogP contribution in [0.2, 0.25) is 0 Å². The van der Waals surface area contributed by atoms with Crippen LogP contribution in [0.15, 0.2) is 10.5 Å². The van der Waals surface area contributed by atoms with E-state index in [-0.39, 0.29) is 18.4 Å². The molecule has 2 nitrogen and oxygen atoms in total. The van der Waals surface area contributed by atoms with Gasteiger partial charge in [-0.25, -0.2) is 0 Å². The molecule has 3 heteroatoms. The maximum atomic E-state index is 6.09. The van der Waals surface area contributed by atoms with Gasteiger partial charge in [0.15, 0.2) is 0 Å². The molecule has 1 atom stereocenters. The SMILES string of the molecule is Cc1cc([C@@H](N)C2CCC2)oc1C.Cl. The van der Waals surface area contributed by atoms with E-state index >= 15 is 0 Å². The van der Waals surface area contributed by atoms with Crippen LogP contribution in [0.4, 0.5) is 0 Å². The highest BCUT2D eigenvalue weighted by atomic mass is 35.5. The Bertz CT molecular complexity index is 285. The van der Waals surface area contributed by atoms with Crippen LogP contribution >= 0.6 is 12.4 Å². The number of furan rings is 1. The van der Waals surface area contributed by atoms with Crippen molar-refractivity contribution in [2.45, 2.75) is 39.2 Å². The highest BCUT2D eigenvalue weighted by molar-refractivity contribution is 5.85. The maximum Gasteiger partial charge on any atom is 0.121 e. The topological polar surface area (TPSA) is 39.2 Å². The minimum Gasteiger partial charge on any atom is -0.464 e. The number of hydrogen-bond acceptors (Lipinski definition) is 2. The molecule has 1 heterocycles. The Balaban J connectivity index is 0.000000980. The van der Waals surface area contributed by atoms with Crippen LogP contribution < -0.4 is 5.73 Å². The van der Waals surface area contributed by atoms with Gasteiger partial charge in [0.2, 0.25) is 0 Å². The summed E-state index contributed by atoms with van der Waals surface area (Å²) in [7, 11) is 0. The molecular formula is C11H18ClNO. The van der Waals surface area contributed by atoms with E-state index in [2.05, 4.69) is 13.0 Å². The summed E-state index contributed by atoms with van der Waals surface area (Å²) in [6, 6.07) is 2.21. The van der Waals surface area contributed by atoms with Crippen LogP contribution in [0.3, 0.4) is 0 Å². The van der Waals surface area contributed by atoms with Gasteiger partial charge < -0.3 is 10.2 Å². The Kier molecular flexibility index (Phi) is 3.62. The Labute approximate surface area is 91.3 Å². The molecule has 2 rings (SSSR count). The number of halogens is 1. The van der Waals surface area contributed by atoms with Gasteiger partial charge in [-0.15, -0.1) is 12.4 Å². The van der Waals surface area contributed by atoms with Crippen LogP contribution in [0, 0.1) is 19.8 Å². The quantitative estimate of drug-likeness (QED) is 0.824. The molecule has 0 radical (unpaired) electrons. The zero-order valence-electron chi connectivity index (χ0n) is 8.75. The van der Waals surface area contributed by atoms with Crippen molar-refractivity contribution in [3.8, 4) is 0 Å². The first-order valence-electron chi connectivity index (χ1n) is 5.01. The summed E-state index contributed by atoms with van der Waals surface area (Å²) in [6.07, 6.45) is 3.86. The summed E-state index contributed by atoms with van der Waals surface area (Å²) in [4.78, 5) is 0. The minimum atomic E-state index is 0. The van der Waals surface area contributed by atoms with E-state index in [0.717, 1.165) is 11.5 Å². The second kappa shape index (κ2) is 4.37. The van der Waals surface area contributed by atoms with Gasteiger partial charge in [-0.2, -0.15) is 0 Å². The lowest BCUT2D eigenvalue weighted by molar-refractivity contribution is 0.239. The van der Waals surface area contributed by atoms with Crippen molar-refractivity contribution in [2.24, 2.45) is 11.7 Å². The second-order valence-electron chi connectivity index (χ2n) is 4.10. The van der Waals surface area contributed by atoms with Crippen LogP contribution in [0.25, 0.3) is 0 Å². The summed E-state index contributed by atoms with van der Waals surface area (Å²) in [6.45, 7) is 4.06. The maximum absolute atomic E-state index is 6.09. The van der Waals surface area contributed by atoms with Crippen molar-refractivity contribution in [2.75, 3.05) is 0 Å². The zero-order valence-corrected chi connectivity index (χ0v) is 9.56. The van der Waals surface area contributed by atoms with Crippen LogP contribution in [0.5, 0.6) is 0 Å². The normalized spacial score (nSPS) is 18.5. The first-order valence-corrected chi connectivity index (χ1v) is 5.01. The van der Waals surface area contributed by atoms with E-state index in [0.29, 0.717) is 5.92 Å². The number of nitrogens with two attached hydrogens (primary N) is 1. The monoisotopic (exact) mass is 215 g/mol. The molecule has 1 aliphatic carbocycles. The van der Waals surface area contributed by atoms with E-state index in [1.54, 1.807) is 0 Å². The lowest BCUT2D eigenvalue weighted by atomic mass is 9.79. The average Bonchev–Trinajstić information content (AvgIpc) is 2.28. The minimum absolute atomic E-state index is 0. The lowest BCUT2D eigenvalue weighted by Crippen LogP contribution is -2.26.